The minimum atomic E-state index is -3.81. The van der Waals surface area contributed by atoms with Crippen LogP contribution in [0.25, 0.3) is 0 Å². The molecule has 0 unspecified atom stereocenters. The Hall–Kier alpha value is -1.62. The number of aryl methyl sites for hydroxylation is 1. The molecule has 1 aliphatic heterocycles. The minimum absolute atomic E-state index is 0.0679. The molecule has 1 fully saturated rings. The van der Waals surface area contributed by atoms with Gasteiger partial charge in [0.1, 0.15) is 0 Å². The third-order valence-corrected chi connectivity index (χ3v) is 5.39. The second-order valence-electron chi connectivity index (χ2n) is 6.49. The lowest BCUT2D eigenvalue weighted by molar-refractivity contribution is -0.127. The first-order chi connectivity index (χ1) is 9.62. The summed E-state index contributed by atoms with van der Waals surface area (Å²) in [7, 11) is -3.81. The van der Waals surface area contributed by atoms with Gasteiger partial charge in [-0.15, -0.1) is 0 Å². The Kier molecular flexibility index (Phi) is 3.97. The van der Waals surface area contributed by atoms with Crippen molar-refractivity contribution in [3.05, 3.63) is 42.0 Å². The highest BCUT2D eigenvalue weighted by Gasteiger charge is 2.36. The first kappa shape index (κ1) is 15.8. The topological polar surface area (TPSA) is 54.5 Å². The highest BCUT2D eigenvalue weighted by molar-refractivity contribution is 7.89. The molecular weight excluding hydrogens is 286 g/mol. The first-order valence-corrected chi connectivity index (χ1v) is 8.35. The Balaban J connectivity index is 2.41. The van der Waals surface area contributed by atoms with Gasteiger partial charge in [0.25, 0.3) is 10.0 Å². The van der Waals surface area contributed by atoms with Crippen molar-refractivity contribution < 1.29 is 13.2 Å². The van der Waals surface area contributed by atoms with Crippen molar-refractivity contribution in [2.24, 2.45) is 5.41 Å². The number of nitrogens with zero attached hydrogens (tertiary/aromatic N) is 1. The molecule has 4 nitrogen and oxygen atoms in total. The number of benzene rings is 1. The van der Waals surface area contributed by atoms with Crippen LogP contribution in [0.1, 0.15) is 32.3 Å². The van der Waals surface area contributed by atoms with Gasteiger partial charge in [0, 0.05) is 6.42 Å². The molecule has 0 atom stereocenters. The van der Waals surface area contributed by atoms with Gasteiger partial charge in [-0.05, 0) is 30.9 Å². The lowest BCUT2D eigenvalue weighted by Gasteiger charge is -2.22. The summed E-state index contributed by atoms with van der Waals surface area (Å²) < 4.78 is 26.3. The quantitative estimate of drug-likeness (QED) is 0.789. The number of amides is 1. The Morgan fingerprint density at radius 2 is 1.71 bits per heavy atom. The fourth-order valence-corrected chi connectivity index (χ4v) is 4.06. The number of hydrogen-bond donors (Lipinski definition) is 0. The molecule has 1 aromatic rings. The summed E-state index contributed by atoms with van der Waals surface area (Å²) in [4.78, 5) is 12.5. The van der Waals surface area contributed by atoms with E-state index in [2.05, 4.69) is 6.58 Å². The molecule has 2 rings (SSSR count). The van der Waals surface area contributed by atoms with Crippen LogP contribution in [0.5, 0.6) is 0 Å². The second-order valence-corrected chi connectivity index (χ2v) is 8.35. The number of carbonyl (C=O) groups is 1. The number of carbonyl (C=O) groups excluding carboxylic acids is 1. The molecule has 0 radical (unpaired) electrons. The summed E-state index contributed by atoms with van der Waals surface area (Å²) in [6.45, 7) is 9.78. The van der Waals surface area contributed by atoms with Crippen molar-refractivity contribution in [1.82, 2.24) is 4.31 Å². The van der Waals surface area contributed by atoms with Gasteiger partial charge in [-0.3, -0.25) is 4.79 Å². The Bertz CT molecular complexity index is 672. The van der Waals surface area contributed by atoms with E-state index in [9.17, 15) is 13.2 Å². The van der Waals surface area contributed by atoms with Crippen molar-refractivity contribution in [3.8, 4) is 0 Å². The lowest BCUT2D eigenvalue weighted by Crippen LogP contribution is -2.37. The van der Waals surface area contributed by atoms with Gasteiger partial charge in [0.2, 0.25) is 5.91 Å². The van der Waals surface area contributed by atoms with Crippen LogP contribution < -0.4 is 0 Å². The molecule has 1 heterocycles. The zero-order valence-electron chi connectivity index (χ0n) is 12.7. The van der Waals surface area contributed by atoms with Crippen LogP contribution in [-0.2, 0) is 14.8 Å². The van der Waals surface area contributed by atoms with Gasteiger partial charge in [0.15, 0.2) is 0 Å². The fourth-order valence-electron chi connectivity index (χ4n) is 2.64. The molecule has 114 valence electrons. The van der Waals surface area contributed by atoms with E-state index in [0.717, 1.165) is 15.4 Å². The lowest BCUT2D eigenvalue weighted by atomic mass is 9.84. The molecule has 1 aliphatic rings. The Morgan fingerprint density at radius 3 is 2.29 bits per heavy atom. The molecule has 0 saturated carbocycles. The van der Waals surface area contributed by atoms with Crippen LogP contribution in [0.2, 0.25) is 0 Å². The van der Waals surface area contributed by atoms with E-state index in [-0.39, 0.29) is 29.2 Å². The van der Waals surface area contributed by atoms with Crippen molar-refractivity contribution >= 4 is 15.9 Å². The zero-order chi connectivity index (χ0) is 15.8. The maximum absolute atomic E-state index is 12.7. The molecule has 5 heteroatoms. The highest BCUT2D eigenvalue weighted by atomic mass is 32.2. The van der Waals surface area contributed by atoms with E-state index in [1.165, 1.54) is 12.1 Å². The van der Waals surface area contributed by atoms with Gasteiger partial charge < -0.3 is 0 Å². The predicted octanol–water partition coefficient (Wildman–Crippen LogP) is 2.89. The van der Waals surface area contributed by atoms with Crippen LogP contribution in [0.4, 0.5) is 0 Å². The number of hydrogen-bond acceptors (Lipinski definition) is 3. The van der Waals surface area contributed by atoms with Crippen molar-refractivity contribution in [2.45, 2.75) is 38.5 Å². The van der Waals surface area contributed by atoms with E-state index >= 15 is 0 Å². The highest BCUT2D eigenvalue weighted by Crippen LogP contribution is 2.34. The van der Waals surface area contributed by atoms with E-state index in [1.807, 2.05) is 20.8 Å². The van der Waals surface area contributed by atoms with Crippen LogP contribution in [-0.4, -0.2) is 25.2 Å². The van der Waals surface area contributed by atoms with Gasteiger partial charge in [0.05, 0.1) is 11.4 Å². The average Bonchev–Trinajstić information content (AvgIpc) is 2.44. The zero-order valence-corrected chi connectivity index (χ0v) is 13.5. The summed E-state index contributed by atoms with van der Waals surface area (Å²) in [5.41, 5.74) is 1.48. The Morgan fingerprint density at radius 1 is 1.14 bits per heavy atom. The van der Waals surface area contributed by atoms with Gasteiger partial charge >= 0.3 is 0 Å². The largest absolute Gasteiger partial charge is 0.274 e. The maximum Gasteiger partial charge on any atom is 0.266 e. The molecule has 1 amide bonds. The second kappa shape index (κ2) is 5.30. The van der Waals surface area contributed by atoms with E-state index in [4.69, 9.17) is 0 Å². The van der Waals surface area contributed by atoms with Crippen LogP contribution >= 0.6 is 0 Å². The SMILES string of the molecule is C=C1CN(S(=O)(=O)c2ccc(C)cc2)C(=O)CC(C)(C)C1. The fraction of sp³-hybridized carbons (Fsp3) is 0.438. The number of rotatable bonds is 2. The summed E-state index contributed by atoms with van der Waals surface area (Å²) >= 11 is 0. The van der Waals surface area contributed by atoms with Gasteiger partial charge in [-0.1, -0.05) is 43.7 Å². The van der Waals surface area contributed by atoms with Crippen LogP contribution in [0.3, 0.4) is 0 Å². The van der Waals surface area contributed by atoms with E-state index in [1.54, 1.807) is 12.1 Å². The molecule has 0 spiro atoms. The van der Waals surface area contributed by atoms with E-state index < -0.39 is 10.0 Å². The predicted molar refractivity (Wildman–Crippen MR) is 82.2 cm³/mol. The molecule has 0 aliphatic carbocycles. The molecule has 1 aromatic carbocycles. The first-order valence-electron chi connectivity index (χ1n) is 6.91. The monoisotopic (exact) mass is 307 g/mol. The molecule has 21 heavy (non-hydrogen) atoms. The molecule has 1 saturated heterocycles. The third-order valence-electron chi connectivity index (χ3n) is 3.61. The molecule has 0 bridgehead atoms. The Labute approximate surface area is 126 Å². The van der Waals surface area contributed by atoms with Crippen LogP contribution in [0.15, 0.2) is 41.3 Å². The molecule has 0 N–H and O–H groups in total. The standard InChI is InChI=1S/C16H21NO3S/c1-12-5-7-14(8-6-12)21(19,20)17-11-13(2)9-16(3,4)10-15(17)18/h5-8H,2,9-11H2,1,3-4H3. The normalized spacial score (nSPS) is 19.5. The van der Waals surface area contributed by atoms with Crippen molar-refractivity contribution in [3.63, 3.8) is 0 Å². The molecular formula is C16H21NO3S. The van der Waals surface area contributed by atoms with Crippen molar-refractivity contribution in [1.29, 1.82) is 0 Å². The molecule has 0 aromatic heterocycles. The maximum atomic E-state index is 12.7. The summed E-state index contributed by atoms with van der Waals surface area (Å²) in [6.07, 6.45) is 0.857. The summed E-state index contributed by atoms with van der Waals surface area (Å²) in [6, 6.07) is 6.54. The average molecular weight is 307 g/mol. The van der Waals surface area contributed by atoms with Gasteiger partial charge in [-0.25, -0.2) is 12.7 Å². The van der Waals surface area contributed by atoms with E-state index in [0.29, 0.717) is 6.42 Å². The van der Waals surface area contributed by atoms with Gasteiger partial charge in [-0.2, -0.15) is 0 Å². The third kappa shape index (κ3) is 3.35. The summed E-state index contributed by atoms with van der Waals surface area (Å²) in [5.74, 6) is -0.362. The minimum Gasteiger partial charge on any atom is -0.274 e. The number of sulfonamides is 1. The van der Waals surface area contributed by atoms with Crippen LogP contribution in [0, 0.1) is 12.3 Å². The van der Waals surface area contributed by atoms with Crippen molar-refractivity contribution in [2.75, 3.05) is 6.54 Å². The summed E-state index contributed by atoms with van der Waals surface area (Å²) in [5, 5.41) is 0. The smallest absolute Gasteiger partial charge is 0.266 e.